The van der Waals surface area contributed by atoms with E-state index in [0.29, 0.717) is 31.7 Å². The molecule has 1 N–H and O–H groups in total. The highest BCUT2D eigenvalue weighted by molar-refractivity contribution is 5.99. The normalized spacial score (nSPS) is 14.0. The van der Waals surface area contributed by atoms with Crippen molar-refractivity contribution < 1.29 is 14.7 Å². The number of fused-ring (bicyclic) bond motifs is 1. The van der Waals surface area contributed by atoms with Gasteiger partial charge in [0.2, 0.25) is 0 Å². The molecule has 7 heteroatoms. The molecule has 0 bridgehead atoms. The number of amides is 2. The lowest BCUT2D eigenvalue weighted by Gasteiger charge is -2.35. The molecule has 2 heterocycles. The molecule has 1 fully saturated rings. The van der Waals surface area contributed by atoms with E-state index < -0.39 is 0 Å². The van der Waals surface area contributed by atoms with Gasteiger partial charge in [0.15, 0.2) is 0 Å². The van der Waals surface area contributed by atoms with Crippen molar-refractivity contribution in [1.82, 2.24) is 19.4 Å². The van der Waals surface area contributed by atoms with Gasteiger partial charge in [-0.15, -0.1) is 0 Å². The van der Waals surface area contributed by atoms with Crippen molar-refractivity contribution in [2.45, 2.75) is 6.92 Å². The zero-order valence-electron chi connectivity index (χ0n) is 18.3. The lowest BCUT2D eigenvalue weighted by Crippen LogP contribution is -2.50. The maximum absolute atomic E-state index is 13.2. The smallest absolute Gasteiger partial charge is 0.257 e. The van der Waals surface area contributed by atoms with Crippen LogP contribution < -0.4 is 0 Å². The van der Waals surface area contributed by atoms with Crippen LogP contribution in [0.15, 0.2) is 72.8 Å². The number of imidazole rings is 1. The minimum Gasteiger partial charge on any atom is -0.507 e. The lowest BCUT2D eigenvalue weighted by molar-refractivity contribution is 0.0534. The topological polar surface area (TPSA) is 78.7 Å². The Morgan fingerprint density at radius 2 is 1.45 bits per heavy atom. The van der Waals surface area contributed by atoms with Gasteiger partial charge >= 0.3 is 0 Å². The van der Waals surface area contributed by atoms with Crippen LogP contribution in [0.4, 0.5) is 0 Å². The lowest BCUT2D eigenvalue weighted by atomic mass is 10.1. The molecule has 4 aromatic rings. The zero-order chi connectivity index (χ0) is 22.9. The van der Waals surface area contributed by atoms with E-state index >= 15 is 0 Å². The fourth-order valence-electron chi connectivity index (χ4n) is 4.36. The molecule has 0 unspecified atom stereocenters. The number of hydrogen-bond donors (Lipinski definition) is 1. The van der Waals surface area contributed by atoms with E-state index in [4.69, 9.17) is 0 Å². The number of carbonyl (C=O) groups excluding carboxylic acids is 2. The Balaban J connectivity index is 1.32. The van der Waals surface area contributed by atoms with Crippen LogP contribution in [0.5, 0.6) is 5.75 Å². The van der Waals surface area contributed by atoms with Crippen LogP contribution in [0.25, 0.3) is 16.7 Å². The average molecular weight is 441 g/mol. The van der Waals surface area contributed by atoms with Gasteiger partial charge in [0, 0.05) is 37.4 Å². The van der Waals surface area contributed by atoms with Gasteiger partial charge in [-0.1, -0.05) is 30.3 Å². The highest BCUT2D eigenvalue weighted by Crippen LogP contribution is 2.24. The molecule has 1 aliphatic heterocycles. The van der Waals surface area contributed by atoms with Crippen molar-refractivity contribution in [2.75, 3.05) is 26.2 Å². The van der Waals surface area contributed by atoms with E-state index in [1.165, 1.54) is 6.07 Å². The summed E-state index contributed by atoms with van der Waals surface area (Å²) in [5, 5.41) is 9.96. The molecule has 0 radical (unpaired) electrons. The van der Waals surface area contributed by atoms with E-state index in [1.54, 1.807) is 28.0 Å². The van der Waals surface area contributed by atoms with Crippen LogP contribution in [-0.2, 0) is 0 Å². The predicted octanol–water partition coefficient (Wildman–Crippen LogP) is 3.64. The van der Waals surface area contributed by atoms with E-state index in [0.717, 1.165) is 22.5 Å². The Morgan fingerprint density at radius 1 is 0.818 bits per heavy atom. The van der Waals surface area contributed by atoms with E-state index in [2.05, 4.69) is 9.55 Å². The van der Waals surface area contributed by atoms with Crippen LogP contribution >= 0.6 is 0 Å². The molecule has 1 aliphatic rings. The zero-order valence-corrected chi connectivity index (χ0v) is 18.3. The number of nitrogens with zero attached hydrogens (tertiary/aromatic N) is 4. The summed E-state index contributed by atoms with van der Waals surface area (Å²) in [4.78, 5) is 34.0. The summed E-state index contributed by atoms with van der Waals surface area (Å²) in [5.41, 5.74) is 3.62. The summed E-state index contributed by atoms with van der Waals surface area (Å²) in [5.74, 6) is 0.540. The first-order valence-corrected chi connectivity index (χ1v) is 10.9. The molecule has 1 saturated heterocycles. The van der Waals surface area contributed by atoms with Gasteiger partial charge in [0.05, 0.1) is 16.6 Å². The number of benzene rings is 3. The van der Waals surface area contributed by atoms with Gasteiger partial charge in [-0.2, -0.15) is 0 Å². The second kappa shape index (κ2) is 8.43. The Morgan fingerprint density at radius 3 is 2.15 bits per heavy atom. The number of piperazine rings is 1. The molecule has 0 atom stereocenters. The van der Waals surface area contributed by atoms with Gasteiger partial charge in [-0.05, 0) is 49.4 Å². The molecule has 5 rings (SSSR count). The summed E-state index contributed by atoms with van der Waals surface area (Å²) in [7, 11) is 0. The highest BCUT2D eigenvalue weighted by Gasteiger charge is 2.27. The number of hydrogen-bond acceptors (Lipinski definition) is 4. The molecule has 7 nitrogen and oxygen atoms in total. The summed E-state index contributed by atoms with van der Waals surface area (Å²) < 4.78 is 2.08. The quantitative estimate of drug-likeness (QED) is 0.528. The summed E-state index contributed by atoms with van der Waals surface area (Å²) >= 11 is 0. The second-order valence-electron chi connectivity index (χ2n) is 8.14. The van der Waals surface area contributed by atoms with Crippen molar-refractivity contribution in [2.24, 2.45) is 0 Å². The fraction of sp³-hybridized carbons (Fsp3) is 0.192. The number of aromatic hydroxyl groups is 1. The van der Waals surface area contributed by atoms with Crippen LogP contribution in [-0.4, -0.2) is 62.5 Å². The third-order valence-electron chi connectivity index (χ3n) is 6.07. The minimum absolute atomic E-state index is 0.0282. The Kier molecular flexibility index (Phi) is 5.30. The van der Waals surface area contributed by atoms with Gasteiger partial charge < -0.3 is 14.9 Å². The second-order valence-corrected chi connectivity index (χ2v) is 8.14. The molecule has 0 spiro atoms. The molecule has 3 aromatic carbocycles. The number of para-hydroxylation sites is 2. The summed E-state index contributed by atoms with van der Waals surface area (Å²) in [6.07, 6.45) is 0. The maximum Gasteiger partial charge on any atom is 0.257 e. The number of phenolic OH excluding ortho intramolecular Hbond substituents is 1. The number of phenols is 1. The van der Waals surface area contributed by atoms with Crippen molar-refractivity contribution in [1.29, 1.82) is 0 Å². The third-order valence-corrected chi connectivity index (χ3v) is 6.07. The number of aromatic nitrogens is 2. The summed E-state index contributed by atoms with van der Waals surface area (Å²) in [6, 6.07) is 22.2. The molecule has 0 aliphatic carbocycles. The molecule has 0 saturated carbocycles. The number of carbonyl (C=O) groups is 2. The van der Waals surface area contributed by atoms with Crippen molar-refractivity contribution in [3.8, 4) is 11.4 Å². The average Bonchev–Trinajstić information content (AvgIpc) is 3.19. The van der Waals surface area contributed by atoms with Gasteiger partial charge in [-0.3, -0.25) is 14.2 Å². The molecule has 166 valence electrons. The van der Waals surface area contributed by atoms with E-state index in [1.807, 2.05) is 55.5 Å². The number of rotatable bonds is 3. The largest absolute Gasteiger partial charge is 0.507 e. The molecular formula is C26H24N4O3. The highest BCUT2D eigenvalue weighted by atomic mass is 16.3. The monoisotopic (exact) mass is 440 g/mol. The first kappa shape index (κ1) is 20.8. The van der Waals surface area contributed by atoms with Gasteiger partial charge in [0.25, 0.3) is 11.8 Å². The van der Waals surface area contributed by atoms with Crippen molar-refractivity contribution in [3.05, 3.63) is 89.7 Å². The maximum atomic E-state index is 13.2. The third kappa shape index (κ3) is 3.82. The molecular weight excluding hydrogens is 416 g/mol. The molecule has 33 heavy (non-hydrogen) atoms. The first-order chi connectivity index (χ1) is 16.0. The standard InChI is InChI=1S/C26H24N4O3/c1-18-27-22-17-19(11-12-23(22)30(18)20-7-3-2-4-8-20)25(32)28-13-15-29(16-14-28)26(33)21-9-5-6-10-24(21)31/h2-12,17,31H,13-16H2,1H3. The summed E-state index contributed by atoms with van der Waals surface area (Å²) in [6.45, 7) is 3.67. The minimum atomic E-state index is -0.219. The van der Waals surface area contributed by atoms with E-state index in [-0.39, 0.29) is 23.1 Å². The SMILES string of the molecule is Cc1nc2cc(C(=O)N3CCN(C(=O)c4ccccc4O)CC3)ccc2n1-c1ccccc1. The van der Waals surface area contributed by atoms with Crippen LogP contribution in [0.3, 0.4) is 0 Å². The Hall–Kier alpha value is -4.13. The van der Waals surface area contributed by atoms with Gasteiger partial charge in [-0.25, -0.2) is 4.98 Å². The van der Waals surface area contributed by atoms with Gasteiger partial charge in [0.1, 0.15) is 11.6 Å². The first-order valence-electron chi connectivity index (χ1n) is 10.9. The predicted molar refractivity (Wildman–Crippen MR) is 126 cm³/mol. The molecule has 1 aromatic heterocycles. The van der Waals surface area contributed by atoms with Crippen molar-refractivity contribution >= 4 is 22.8 Å². The Labute approximate surface area is 191 Å². The number of aryl methyl sites for hydroxylation is 1. The fourth-order valence-corrected chi connectivity index (χ4v) is 4.36. The van der Waals surface area contributed by atoms with Crippen LogP contribution in [0.1, 0.15) is 26.5 Å². The van der Waals surface area contributed by atoms with Crippen molar-refractivity contribution in [3.63, 3.8) is 0 Å². The molecule has 2 amide bonds. The van der Waals surface area contributed by atoms with E-state index in [9.17, 15) is 14.7 Å². The van der Waals surface area contributed by atoms with Crippen LogP contribution in [0.2, 0.25) is 0 Å². The Bertz CT molecular complexity index is 1340. The van der Waals surface area contributed by atoms with Crippen LogP contribution in [0, 0.1) is 6.92 Å².